The first kappa shape index (κ1) is 8.43. The van der Waals surface area contributed by atoms with Gasteiger partial charge in [0.25, 0.3) is 0 Å². The maximum atomic E-state index is 11.1. The Labute approximate surface area is 69.5 Å². The molecule has 1 aromatic heterocycles. The SMILES string of the molecule is CCC(=O)c1cscc1CO. The summed E-state index contributed by atoms with van der Waals surface area (Å²) in [4.78, 5) is 11.1. The fourth-order valence-electron chi connectivity index (χ4n) is 0.881. The van der Waals surface area contributed by atoms with Gasteiger partial charge in [-0.1, -0.05) is 6.92 Å². The molecular weight excluding hydrogens is 160 g/mol. The minimum atomic E-state index is -0.0371. The molecule has 0 amide bonds. The van der Waals surface area contributed by atoms with Gasteiger partial charge in [-0.15, -0.1) is 0 Å². The molecule has 0 atom stereocenters. The quantitative estimate of drug-likeness (QED) is 0.703. The van der Waals surface area contributed by atoms with Gasteiger partial charge in [0.2, 0.25) is 0 Å². The maximum Gasteiger partial charge on any atom is 0.163 e. The van der Waals surface area contributed by atoms with Crippen LogP contribution in [0, 0.1) is 0 Å². The number of rotatable bonds is 3. The number of carbonyl (C=O) groups excluding carboxylic acids is 1. The lowest BCUT2D eigenvalue weighted by Gasteiger charge is -1.95. The molecule has 0 aliphatic carbocycles. The monoisotopic (exact) mass is 170 g/mol. The standard InChI is InChI=1S/C8H10O2S/c1-2-8(10)7-5-11-4-6(7)3-9/h4-5,9H,2-3H2,1H3. The molecular formula is C8H10O2S. The lowest BCUT2D eigenvalue weighted by Crippen LogP contribution is -1.98. The summed E-state index contributed by atoms with van der Waals surface area (Å²) in [6.45, 7) is 1.78. The number of aliphatic hydroxyl groups is 1. The van der Waals surface area contributed by atoms with Crippen LogP contribution in [0.2, 0.25) is 0 Å². The van der Waals surface area contributed by atoms with Crippen LogP contribution >= 0.6 is 11.3 Å². The van der Waals surface area contributed by atoms with E-state index in [2.05, 4.69) is 0 Å². The fraction of sp³-hybridized carbons (Fsp3) is 0.375. The lowest BCUT2D eigenvalue weighted by molar-refractivity contribution is 0.0985. The van der Waals surface area contributed by atoms with Gasteiger partial charge in [0.1, 0.15) is 0 Å². The molecule has 2 nitrogen and oxygen atoms in total. The van der Waals surface area contributed by atoms with Crippen LogP contribution in [-0.2, 0) is 6.61 Å². The Morgan fingerprint density at radius 2 is 2.36 bits per heavy atom. The van der Waals surface area contributed by atoms with Gasteiger partial charge in [-0.2, -0.15) is 11.3 Å². The van der Waals surface area contributed by atoms with Crippen molar-refractivity contribution in [3.05, 3.63) is 21.9 Å². The number of ketones is 1. The Morgan fingerprint density at radius 3 is 2.91 bits per heavy atom. The van der Waals surface area contributed by atoms with Crippen molar-refractivity contribution in [1.29, 1.82) is 0 Å². The van der Waals surface area contributed by atoms with Gasteiger partial charge in [-0.05, 0) is 10.9 Å². The van der Waals surface area contributed by atoms with Crippen LogP contribution in [0.1, 0.15) is 29.3 Å². The van der Waals surface area contributed by atoms with Gasteiger partial charge in [0.15, 0.2) is 5.78 Å². The molecule has 1 rings (SSSR count). The third-order valence-corrected chi connectivity index (χ3v) is 2.33. The smallest absolute Gasteiger partial charge is 0.163 e. The van der Waals surface area contributed by atoms with Crippen molar-refractivity contribution in [2.45, 2.75) is 20.0 Å². The Morgan fingerprint density at radius 1 is 1.64 bits per heavy atom. The highest BCUT2D eigenvalue weighted by Crippen LogP contribution is 2.16. The van der Waals surface area contributed by atoms with E-state index >= 15 is 0 Å². The molecule has 11 heavy (non-hydrogen) atoms. The number of thiophene rings is 1. The van der Waals surface area contributed by atoms with Crippen LogP contribution in [0.4, 0.5) is 0 Å². The first-order valence-electron chi connectivity index (χ1n) is 3.48. The van der Waals surface area contributed by atoms with Gasteiger partial charge >= 0.3 is 0 Å². The summed E-state index contributed by atoms with van der Waals surface area (Å²) in [5.41, 5.74) is 1.43. The molecule has 0 unspecified atom stereocenters. The van der Waals surface area contributed by atoms with Crippen molar-refractivity contribution in [1.82, 2.24) is 0 Å². The summed E-state index contributed by atoms with van der Waals surface area (Å²) in [6.07, 6.45) is 0.504. The van der Waals surface area contributed by atoms with Crippen LogP contribution in [-0.4, -0.2) is 10.9 Å². The normalized spacial score (nSPS) is 10.0. The molecule has 0 aromatic carbocycles. The molecule has 0 fully saturated rings. The predicted octanol–water partition coefficient (Wildman–Crippen LogP) is 1.83. The molecule has 0 spiro atoms. The van der Waals surface area contributed by atoms with Crippen LogP contribution in [0.15, 0.2) is 10.8 Å². The molecule has 60 valence electrons. The summed E-state index contributed by atoms with van der Waals surface area (Å²) in [6, 6.07) is 0. The summed E-state index contributed by atoms with van der Waals surface area (Å²) >= 11 is 1.45. The van der Waals surface area contributed by atoms with E-state index in [4.69, 9.17) is 5.11 Å². The highest BCUT2D eigenvalue weighted by Gasteiger charge is 2.08. The molecule has 1 N–H and O–H groups in total. The van der Waals surface area contributed by atoms with E-state index in [1.54, 1.807) is 5.38 Å². The van der Waals surface area contributed by atoms with Gasteiger partial charge in [-0.25, -0.2) is 0 Å². The number of hydrogen-bond acceptors (Lipinski definition) is 3. The molecule has 3 heteroatoms. The summed E-state index contributed by atoms with van der Waals surface area (Å²) in [5, 5.41) is 12.4. The van der Waals surface area contributed by atoms with Gasteiger partial charge < -0.3 is 5.11 Å². The van der Waals surface area contributed by atoms with Gasteiger partial charge in [0.05, 0.1) is 6.61 Å². The summed E-state index contributed by atoms with van der Waals surface area (Å²) in [5.74, 6) is 0.107. The van der Waals surface area contributed by atoms with E-state index < -0.39 is 0 Å². The van der Waals surface area contributed by atoms with Gasteiger partial charge in [0, 0.05) is 17.4 Å². The molecule has 0 aliphatic heterocycles. The third-order valence-electron chi connectivity index (χ3n) is 1.53. The molecule has 0 radical (unpaired) electrons. The van der Waals surface area contributed by atoms with E-state index in [1.807, 2.05) is 12.3 Å². The van der Waals surface area contributed by atoms with Gasteiger partial charge in [-0.3, -0.25) is 4.79 Å². The van der Waals surface area contributed by atoms with Crippen LogP contribution in [0.3, 0.4) is 0 Å². The van der Waals surface area contributed by atoms with Crippen LogP contribution in [0.5, 0.6) is 0 Å². The second kappa shape index (κ2) is 3.64. The average molecular weight is 170 g/mol. The van der Waals surface area contributed by atoms with E-state index in [0.717, 1.165) is 5.56 Å². The zero-order chi connectivity index (χ0) is 8.27. The minimum Gasteiger partial charge on any atom is -0.392 e. The number of carbonyl (C=O) groups is 1. The average Bonchev–Trinajstić information content (AvgIpc) is 2.50. The van der Waals surface area contributed by atoms with E-state index in [-0.39, 0.29) is 12.4 Å². The first-order chi connectivity index (χ1) is 5.29. The molecule has 1 aromatic rings. The Kier molecular flexibility index (Phi) is 2.79. The van der Waals surface area contributed by atoms with E-state index in [0.29, 0.717) is 12.0 Å². The summed E-state index contributed by atoms with van der Waals surface area (Å²) < 4.78 is 0. The molecule has 0 saturated carbocycles. The first-order valence-corrected chi connectivity index (χ1v) is 4.43. The highest BCUT2D eigenvalue weighted by atomic mass is 32.1. The van der Waals surface area contributed by atoms with Crippen molar-refractivity contribution >= 4 is 17.1 Å². The molecule has 0 aliphatic rings. The lowest BCUT2D eigenvalue weighted by atomic mass is 10.1. The number of Topliss-reactive ketones (excluding diaryl/α,β-unsaturated/α-hetero) is 1. The second-order valence-corrected chi connectivity index (χ2v) is 2.99. The largest absolute Gasteiger partial charge is 0.392 e. The van der Waals surface area contributed by atoms with Crippen molar-refractivity contribution in [2.24, 2.45) is 0 Å². The minimum absolute atomic E-state index is 0.0371. The maximum absolute atomic E-state index is 11.1. The number of aliphatic hydroxyl groups excluding tert-OH is 1. The predicted molar refractivity (Wildman–Crippen MR) is 44.9 cm³/mol. The molecule has 0 bridgehead atoms. The van der Waals surface area contributed by atoms with Crippen molar-refractivity contribution in [3.8, 4) is 0 Å². The highest BCUT2D eigenvalue weighted by molar-refractivity contribution is 7.08. The zero-order valence-electron chi connectivity index (χ0n) is 6.33. The summed E-state index contributed by atoms with van der Waals surface area (Å²) in [7, 11) is 0. The topological polar surface area (TPSA) is 37.3 Å². The molecule has 0 saturated heterocycles. The van der Waals surface area contributed by atoms with Crippen LogP contribution < -0.4 is 0 Å². The van der Waals surface area contributed by atoms with Crippen molar-refractivity contribution < 1.29 is 9.90 Å². The zero-order valence-corrected chi connectivity index (χ0v) is 7.15. The van der Waals surface area contributed by atoms with Crippen molar-refractivity contribution in [2.75, 3.05) is 0 Å². The van der Waals surface area contributed by atoms with Crippen molar-refractivity contribution in [3.63, 3.8) is 0 Å². The number of hydrogen-bond donors (Lipinski definition) is 1. The van der Waals surface area contributed by atoms with Crippen LogP contribution in [0.25, 0.3) is 0 Å². The third kappa shape index (κ3) is 1.67. The van der Waals surface area contributed by atoms with E-state index in [1.165, 1.54) is 11.3 Å². The fourth-order valence-corrected chi connectivity index (χ4v) is 1.73. The van der Waals surface area contributed by atoms with E-state index in [9.17, 15) is 4.79 Å². The molecule has 1 heterocycles. The Bertz CT molecular complexity index is 252. The Balaban J connectivity index is 2.92. The second-order valence-electron chi connectivity index (χ2n) is 2.25. The Hall–Kier alpha value is -0.670.